The monoisotopic (exact) mass is 261 g/mol. The summed E-state index contributed by atoms with van der Waals surface area (Å²) >= 11 is 0. The Morgan fingerprint density at radius 1 is 1.29 bits per heavy atom. The highest BCUT2D eigenvalue weighted by Gasteiger charge is 2.45. The summed E-state index contributed by atoms with van der Waals surface area (Å²) in [5.41, 5.74) is 4.82. The number of nitrogens with zero attached hydrogens (tertiary/aromatic N) is 1. The SMILES string of the molecule is NC(=NO)C1(NS(=O)(=O)C2CC2)CCCCC1. The minimum atomic E-state index is -3.32. The molecule has 2 aliphatic carbocycles. The van der Waals surface area contributed by atoms with Crippen molar-refractivity contribution in [2.75, 3.05) is 0 Å². The zero-order valence-electron chi connectivity index (χ0n) is 9.72. The van der Waals surface area contributed by atoms with Crippen LogP contribution in [0.1, 0.15) is 44.9 Å². The highest BCUT2D eigenvalue weighted by atomic mass is 32.2. The lowest BCUT2D eigenvalue weighted by molar-refractivity contribution is 0.294. The molecule has 0 aliphatic heterocycles. The average Bonchev–Trinajstić information content (AvgIpc) is 3.12. The van der Waals surface area contributed by atoms with Crippen LogP contribution in [0.4, 0.5) is 0 Å². The molecule has 0 saturated heterocycles. The number of nitrogens with two attached hydrogens (primary N) is 1. The molecule has 6 nitrogen and oxygen atoms in total. The number of nitrogens with one attached hydrogen (secondary N) is 1. The number of sulfonamides is 1. The molecule has 0 atom stereocenters. The largest absolute Gasteiger partial charge is 0.409 e. The van der Waals surface area contributed by atoms with Gasteiger partial charge in [-0.15, -0.1) is 0 Å². The Morgan fingerprint density at radius 2 is 1.88 bits per heavy atom. The summed E-state index contributed by atoms with van der Waals surface area (Å²) in [6.45, 7) is 0. The van der Waals surface area contributed by atoms with E-state index in [1.807, 2.05) is 0 Å². The van der Waals surface area contributed by atoms with E-state index in [0.29, 0.717) is 25.7 Å². The van der Waals surface area contributed by atoms with Crippen molar-refractivity contribution in [2.24, 2.45) is 10.9 Å². The van der Waals surface area contributed by atoms with Gasteiger partial charge in [0.25, 0.3) is 0 Å². The first-order valence-corrected chi connectivity index (χ1v) is 7.56. The fraction of sp³-hybridized carbons (Fsp3) is 0.900. The van der Waals surface area contributed by atoms with Crippen molar-refractivity contribution in [3.63, 3.8) is 0 Å². The third kappa shape index (κ3) is 2.55. The predicted octanol–water partition coefficient (Wildman–Crippen LogP) is 0.517. The van der Waals surface area contributed by atoms with E-state index >= 15 is 0 Å². The Bertz CT molecular complexity index is 409. The molecule has 2 rings (SSSR count). The molecule has 4 N–H and O–H groups in total. The van der Waals surface area contributed by atoms with Crippen molar-refractivity contribution < 1.29 is 13.6 Å². The van der Waals surface area contributed by atoms with E-state index in [0.717, 1.165) is 19.3 Å². The standard InChI is InChI=1S/C10H19N3O3S/c11-9(12-14)10(6-2-1-3-7-10)13-17(15,16)8-4-5-8/h8,13-14H,1-7H2,(H2,11,12). The van der Waals surface area contributed by atoms with E-state index in [4.69, 9.17) is 10.9 Å². The van der Waals surface area contributed by atoms with E-state index in [1.165, 1.54) is 0 Å². The van der Waals surface area contributed by atoms with E-state index in [-0.39, 0.29) is 11.1 Å². The smallest absolute Gasteiger partial charge is 0.215 e. The first-order chi connectivity index (χ1) is 8.00. The van der Waals surface area contributed by atoms with Crippen LogP contribution in [-0.2, 0) is 10.0 Å². The molecular weight excluding hydrogens is 242 g/mol. The number of amidine groups is 1. The molecule has 0 aromatic rings. The van der Waals surface area contributed by atoms with Gasteiger partial charge in [0.05, 0.1) is 10.8 Å². The first-order valence-electron chi connectivity index (χ1n) is 6.01. The van der Waals surface area contributed by atoms with E-state index in [1.54, 1.807) is 0 Å². The maximum Gasteiger partial charge on any atom is 0.215 e. The van der Waals surface area contributed by atoms with Crippen molar-refractivity contribution >= 4 is 15.9 Å². The minimum absolute atomic E-state index is 0.0126. The molecule has 2 aliphatic rings. The van der Waals surface area contributed by atoms with E-state index in [2.05, 4.69) is 9.88 Å². The Balaban J connectivity index is 2.21. The molecule has 0 unspecified atom stereocenters. The van der Waals surface area contributed by atoms with E-state index in [9.17, 15) is 8.42 Å². The first kappa shape index (κ1) is 12.6. The molecule has 98 valence electrons. The van der Waals surface area contributed by atoms with Crippen LogP contribution in [-0.4, -0.2) is 30.2 Å². The maximum atomic E-state index is 12.0. The molecule has 0 aromatic heterocycles. The second-order valence-corrected chi connectivity index (χ2v) is 6.94. The molecule has 17 heavy (non-hydrogen) atoms. The van der Waals surface area contributed by atoms with Crippen LogP contribution in [0.2, 0.25) is 0 Å². The second-order valence-electron chi connectivity index (χ2n) is 4.97. The zero-order chi connectivity index (χ0) is 12.5. The molecule has 0 spiro atoms. The van der Waals surface area contributed by atoms with Gasteiger partial charge in [-0.3, -0.25) is 0 Å². The van der Waals surface area contributed by atoms with Gasteiger partial charge in [-0.1, -0.05) is 24.4 Å². The van der Waals surface area contributed by atoms with Crippen molar-refractivity contribution in [3.8, 4) is 0 Å². The average molecular weight is 261 g/mol. The van der Waals surface area contributed by atoms with Crippen LogP contribution in [0.15, 0.2) is 5.16 Å². The normalized spacial score (nSPS) is 25.8. The summed E-state index contributed by atoms with van der Waals surface area (Å²) in [5, 5.41) is 11.6. The molecule has 2 fully saturated rings. The van der Waals surface area contributed by atoms with Crippen molar-refractivity contribution in [3.05, 3.63) is 0 Å². The lowest BCUT2D eigenvalue weighted by atomic mass is 9.82. The summed E-state index contributed by atoms with van der Waals surface area (Å²) in [6, 6.07) is 0. The van der Waals surface area contributed by atoms with Crippen LogP contribution in [0.5, 0.6) is 0 Å². The van der Waals surface area contributed by atoms with Gasteiger partial charge >= 0.3 is 0 Å². The number of rotatable bonds is 4. The third-order valence-corrected chi connectivity index (χ3v) is 5.63. The third-order valence-electron chi connectivity index (χ3n) is 3.61. The molecule has 2 saturated carbocycles. The summed E-state index contributed by atoms with van der Waals surface area (Å²) in [6.07, 6.45) is 5.48. The number of hydrogen-bond donors (Lipinski definition) is 3. The highest BCUT2D eigenvalue weighted by Crippen LogP contribution is 2.33. The summed E-state index contributed by atoms with van der Waals surface area (Å²) in [5.74, 6) is -0.0126. The molecule has 7 heteroatoms. The Morgan fingerprint density at radius 3 is 2.35 bits per heavy atom. The van der Waals surface area contributed by atoms with Crippen LogP contribution < -0.4 is 10.5 Å². The second kappa shape index (κ2) is 4.45. The van der Waals surface area contributed by atoms with Crippen LogP contribution in [0.3, 0.4) is 0 Å². The topological polar surface area (TPSA) is 105 Å². The van der Waals surface area contributed by atoms with Gasteiger partial charge in [-0.2, -0.15) is 0 Å². The molecule has 0 bridgehead atoms. The zero-order valence-corrected chi connectivity index (χ0v) is 10.5. The van der Waals surface area contributed by atoms with Crippen LogP contribution >= 0.6 is 0 Å². The van der Waals surface area contributed by atoms with Gasteiger partial charge in [0, 0.05) is 0 Å². The van der Waals surface area contributed by atoms with Crippen molar-refractivity contribution in [1.82, 2.24) is 4.72 Å². The van der Waals surface area contributed by atoms with Gasteiger partial charge in [0.1, 0.15) is 0 Å². The van der Waals surface area contributed by atoms with Gasteiger partial charge in [-0.25, -0.2) is 13.1 Å². The van der Waals surface area contributed by atoms with Gasteiger partial charge in [0.2, 0.25) is 10.0 Å². The van der Waals surface area contributed by atoms with Gasteiger partial charge in [-0.05, 0) is 25.7 Å². The fourth-order valence-electron chi connectivity index (χ4n) is 2.40. The minimum Gasteiger partial charge on any atom is -0.409 e. The molecule has 0 radical (unpaired) electrons. The summed E-state index contributed by atoms with van der Waals surface area (Å²) < 4.78 is 26.6. The number of hydrogen-bond acceptors (Lipinski definition) is 4. The molecule has 0 amide bonds. The van der Waals surface area contributed by atoms with Crippen LogP contribution in [0.25, 0.3) is 0 Å². The van der Waals surface area contributed by atoms with Gasteiger partial charge in [0.15, 0.2) is 5.84 Å². The molecule has 0 aromatic carbocycles. The Kier molecular flexibility index (Phi) is 3.31. The van der Waals surface area contributed by atoms with Crippen molar-refractivity contribution in [2.45, 2.75) is 55.7 Å². The summed E-state index contributed by atoms with van der Waals surface area (Å²) in [4.78, 5) is 0. The fourth-order valence-corrected chi connectivity index (χ4v) is 4.17. The lowest BCUT2D eigenvalue weighted by Crippen LogP contribution is -2.59. The quantitative estimate of drug-likeness (QED) is 0.297. The predicted molar refractivity (Wildman–Crippen MR) is 64.3 cm³/mol. The Hall–Kier alpha value is -0.820. The Labute approximate surface area is 101 Å². The number of oxime groups is 1. The molecule has 0 heterocycles. The lowest BCUT2D eigenvalue weighted by Gasteiger charge is -2.36. The van der Waals surface area contributed by atoms with Crippen molar-refractivity contribution in [1.29, 1.82) is 0 Å². The van der Waals surface area contributed by atoms with Gasteiger partial charge < -0.3 is 10.9 Å². The molecular formula is C10H19N3O3S. The maximum absolute atomic E-state index is 12.0. The summed E-state index contributed by atoms with van der Waals surface area (Å²) in [7, 11) is -3.32. The highest BCUT2D eigenvalue weighted by molar-refractivity contribution is 7.90. The van der Waals surface area contributed by atoms with E-state index < -0.39 is 15.6 Å². The van der Waals surface area contributed by atoms with Crippen LogP contribution in [0, 0.1) is 0 Å².